The van der Waals surface area contributed by atoms with E-state index >= 15 is 0 Å². The molecule has 1 aliphatic heterocycles. The number of nitrogens with zero attached hydrogens (tertiary/aromatic N) is 1. The molecule has 0 aromatic heterocycles. The topological polar surface area (TPSA) is 69.6 Å². The van der Waals surface area contributed by atoms with Crippen LogP contribution in [0.2, 0.25) is 0 Å². The van der Waals surface area contributed by atoms with Crippen LogP contribution < -0.4 is 5.32 Å². The Hall–Kier alpha value is -1.10. The number of carbonyl (C=O) groups is 2. The Morgan fingerprint density at radius 1 is 1.53 bits per heavy atom. The highest BCUT2D eigenvalue weighted by Crippen LogP contribution is 2.33. The zero-order valence-corrected chi connectivity index (χ0v) is 10.8. The summed E-state index contributed by atoms with van der Waals surface area (Å²) in [7, 11) is 0. The van der Waals surface area contributed by atoms with E-state index in [1.807, 2.05) is 0 Å². The van der Waals surface area contributed by atoms with Crippen molar-refractivity contribution >= 4 is 11.8 Å². The van der Waals surface area contributed by atoms with Gasteiger partial charge >= 0.3 is 0 Å². The molecule has 1 aliphatic rings. The van der Waals surface area contributed by atoms with Crippen molar-refractivity contribution in [2.24, 2.45) is 11.3 Å². The Morgan fingerprint density at radius 3 is 2.65 bits per heavy atom. The first kappa shape index (κ1) is 14.0. The fraction of sp³-hybridized carbons (Fsp3) is 0.833. The zero-order chi connectivity index (χ0) is 13.1. The number of hydrogen-bond acceptors (Lipinski definition) is 3. The summed E-state index contributed by atoms with van der Waals surface area (Å²) in [5.74, 6) is 0.145. The maximum atomic E-state index is 11.7. The standard InChI is InChI=1S/C12H22N2O3/c1-12(2,3)9-6-11(17)14(7-9)8-10(16)13-4-5-15/h9,15H,4-8H2,1-3H3,(H,13,16). The molecule has 0 spiro atoms. The van der Waals surface area contributed by atoms with E-state index in [0.717, 1.165) is 0 Å². The van der Waals surface area contributed by atoms with Crippen LogP contribution in [0.5, 0.6) is 0 Å². The minimum absolute atomic E-state index is 0.0454. The molecule has 0 bridgehead atoms. The molecule has 1 rings (SSSR count). The normalized spacial score (nSPS) is 20.8. The summed E-state index contributed by atoms with van der Waals surface area (Å²) in [6, 6.07) is 0. The molecule has 0 radical (unpaired) electrons. The van der Waals surface area contributed by atoms with Crippen molar-refractivity contribution in [3.8, 4) is 0 Å². The van der Waals surface area contributed by atoms with Crippen molar-refractivity contribution in [1.29, 1.82) is 0 Å². The number of hydrogen-bond donors (Lipinski definition) is 2. The molecule has 0 aromatic carbocycles. The smallest absolute Gasteiger partial charge is 0.239 e. The largest absolute Gasteiger partial charge is 0.395 e. The van der Waals surface area contributed by atoms with Gasteiger partial charge < -0.3 is 15.3 Å². The lowest BCUT2D eigenvalue weighted by atomic mass is 9.80. The molecule has 5 heteroatoms. The van der Waals surface area contributed by atoms with Crippen molar-refractivity contribution in [1.82, 2.24) is 10.2 Å². The highest BCUT2D eigenvalue weighted by molar-refractivity contribution is 5.86. The second-order valence-electron chi connectivity index (χ2n) is 5.61. The maximum absolute atomic E-state index is 11.7. The van der Waals surface area contributed by atoms with Gasteiger partial charge in [0, 0.05) is 19.5 Å². The molecule has 1 atom stereocenters. The van der Waals surface area contributed by atoms with Crippen molar-refractivity contribution in [2.75, 3.05) is 26.2 Å². The number of rotatable bonds is 4. The van der Waals surface area contributed by atoms with Crippen LogP contribution in [0, 0.1) is 11.3 Å². The van der Waals surface area contributed by atoms with Crippen molar-refractivity contribution < 1.29 is 14.7 Å². The number of carbonyl (C=O) groups excluding carboxylic acids is 2. The highest BCUT2D eigenvalue weighted by Gasteiger charge is 2.37. The number of aliphatic hydroxyl groups is 1. The first-order chi connectivity index (χ1) is 7.84. The van der Waals surface area contributed by atoms with Gasteiger partial charge in [-0.05, 0) is 11.3 Å². The second-order valence-corrected chi connectivity index (χ2v) is 5.61. The number of aliphatic hydroxyl groups excluding tert-OH is 1. The molecule has 1 unspecified atom stereocenters. The lowest BCUT2D eigenvalue weighted by Gasteiger charge is -2.26. The molecular formula is C12H22N2O3. The molecule has 0 aliphatic carbocycles. The van der Waals surface area contributed by atoms with Crippen molar-refractivity contribution in [3.05, 3.63) is 0 Å². The van der Waals surface area contributed by atoms with E-state index in [1.165, 1.54) is 0 Å². The molecule has 1 saturated heterocycles. The van der Waals surface area contributed by atoms with E-state index in [9.17, 15) is 9.59 Å². The minimum atomic E-state index is -0.207. The van der Waals surface area contributed by atoms with Crippen LogP contribution in [-0.2, 0) is 9.59 Å². The van der Waals surface area contributed by atoms with Crippen LogP contribution in [0.1, 0.15) is 27.2 Å². The lowest BCUT2D eigenvalue weighted by Crippen LogP contribution is -2.39. The van der Waals surface area contributed by atoms with E-state index in [1.54, 1.807) is 4.90 Å². The van der Waals surface area contributed by atoms with Crippen LogP contribution in [0.15, 0.2) is 0 Å². The molecule has 0 saturated carbocycles. The molecule has 0 aromatic rings. The summed E-state index contributed by atoms with van der Waals surface area (Å²) in [4.78, 5) is 24.8. The summed E-state index contributed by atoms with van der Waals surface area (Å²) >= 11 is 0. The van der Waals surface area contributed by atoms with Gasteiger partial charge in [-0.3, -0.25) is 9.59 Å². The fourth-order valence-corrected chi connectivity index (χ4v) is 1.93. The van der Waals surface area contributed by atoms with E-state index in [-0.39, 0.29) is 36.9 Å². The average Bonchev–Trinajstić information content (AvgIpc) is 2.57. The summed E-state index contributed by atoms with van der Waals surface area (Å²) in [5, 5.41) is 11.1. The lowest BCUT2D eigenvalue weighted by molar-refractivity contribution is -0.133. The van der Waals surface area contributed by atoms with Crippen molar-refractivity contribution in [3.63, 3.8) is 0 Å². The molecule has 5 nitrogen and oxygen atoms in total. The van der Waals surface area contributed by atoms with Gasteiger partial charge in [0.15, 0.2) is 0 Å². The molecule has 17 heavy (non-hydrogen) atoms. The molecule has 98 valence electrons. The van der Waals surface area contributed by atoms with Gasteiger partial charge in [0.2, 0.25) is 11.8 Å². The Morgan fingerprint density at radius 2 is 2.18 bits per heavy atom. The van der Waals surface area contributed by atoms with Gasteiger partial charge in [-0.15, -0.1) is 0 Å². The third kappa shape index (κ3) is 4.00. The molecule has 1 heterocycles. The molecular weight excluding hydrogens is 220 g/mol. The van der Waals surface area contributed by atoms with Crippen LogP contribution in [0.25, 0.3) is 0 Å². The van der Waals surface area contributed by atoms with E-state index in [4.69, 9.17) is 5.11 Å². The summed E-state index contributed by atoms with van der Waals surface area (Å²) < 4.78 is 0. The number of likely N-dealkylation sites (tertiary alicyclic amines) is 1. The van der Waals surface area contributed by atoms with Gasteiger partial charge in [0.25, 0.3) is 0 Å². The molecule has 2 amide bonds. The Kier molecular flexibility index (Phi) is 4.51. The molecule has 1 fully saturated rings. The Bertz CT molecular complexity index is 297. The second kappa shape index (κ2) is 5.49. The van der Waals surface area contributed by atoms with Gasteiger partial charge in [0.1, 0.15) is 0 Å². The quantitative estimate of drug-likeness (QED) is 0.728. The first-order valence-corrected chi connectivity index (χ1v) is 6.00. The van der Waals surface area contributed by atoms with Crippen LogP contribution in [0.3, 0.4) is 0 Å². The summed E-state index contributed by atoms with van der Waals surface area (Å²) in [6.07, 6.45) is 0.525. The first-order valence-electron chi connectivity index (χ1n) is 6.00. The third-order valence-corrected chi connectivity index (χ3v) is 3.21. The zero-order valence-electron chi connectivity index (χ0n) is 10.8. The highest BCUT2D eigenvalue weighted by atomic mass is 16.3. The summed E-state index contributed by atoms with van der Waals surface area (Å²) in [5.41, 5.74) is 0.0893. The van der Waals surface area contributed by atoms with Gasteiger partial charge in [-0.2, -0.15) is 0 Å². The number of amides is 2. The predicted molar refractivity (Wildman–Crippen MR) is 64.2 cm³/mol. The van der Waals surface area contributed by atoms with E-state index in [2.05, 4.69) is 26.1 Å². The van der Waals surface area contributed by atoms with Crippen molar-refractivity contribution in [2.45, 2.75) is 27.2 Å². The average molecular weight is 242 g/mol. The SMILES string of the molecule is CC(C)(C)C1CC(=O)N(CC(=O)NCCO)C1. The minimum Gasteiger partial charge on any atom is -0.395 e. The van der Waals surface area contributed by atoms with Gasteiger partial charge in [0.05, 0.1) is 13.2 Å². The van der Waals surface area contributed by atoms with Crippen LogP contribution >= 0.6 is 0 Å². The third-order valence-electron chi connectivity index (χ3n) is 3.21. The van der Waals surface area contributed by atoms with Crippen LogP contribution in [0.4, 0.5) is 0 Å². The van der Waals surface area contributed by atoms with Gasteiger partial charge in [-0.1, -0.05) is 20.8 Å². The Labute approximate surface area is 102 Å². The summed E-state index contributed by atoms with van der Waals surface area (Å²) in [6.45, 7) is 7.25. The fourth-order valence-electron chi connectivity index (χ4n) is 1.93. The Balaban J connectivity index is 2.46. The monoisotopic (exact) mass is 242 g/mol. The predicted octanol–water partition coefficient (Wildman–Crippen LogP) is -0.0105. The molecule has 2 N–H and O–H groups in total. The van der Waals surface area contributed by atoms with Crippen LogP contribution in [-0.4, -0.2) is 48.1 Å². The van der Waals surface area contributed by atoms with E-state index in [0.29, 0.717) is 18.9 Å². The van der Waals surface area contributed by atoms with E-state index < -0.39 is 0 Å². The van der Waals surface area contributed by atoms with Gasteiger partial charge in [-0.25, -0.2) is 0 Å². The number of nitrogens with one attached hydrogen (secondary N) is 1. The maximum Gasteiger partial charge on any atom is 0.239 e.